The van der Waals surface area contributed by atoms with E-state index in [9.17, 15) is 8.78 Å². The molecule has 1 nitrogen and oxygen atoms in total. The molecule has 0 bridgehead atoms. The first kappa shape index (κ1) is 13.3. The number of rotatable bonds is 3. The molecule has 1 N–H and O–H groups in total. The Kier molecular flexibility index (Phi) is 3.88. The summed E-state index contributed by atoms with van der Waals surface area (Å²) >= 11 is 0. The summed E-state index contributed by atoms with van der Waals surface area (Å²) in [5.74, 6) is -2.36. The minimum absolute atomic E-state index is 0.0326. The molecule has 0 saturated heterocycles. The van der Waals surface area contributed by atoms with Crippen molar-refractivity contribution in [3.05, 3.63) is 29.3 Å². The number of aryl methyl sites for hydroxylation is 2. The molecule has 0 heterocycles. The van der Waals surface area contributed by atoms with E-state index in [4.69, 9.17) is 0 Å². The average Bonchev–Trinajstić information content (AvgIpc) is 2.29. The number of nitrogens with one attached hydrogen (secondary N) is 1. The highest BCUT2D eigenvalue weighted by molar-refractivity contribution is 5.52. The van der Waals surface area contributed by atoms with Crippen molar-refractivity contribution in [1.82, 2.24) is 0 Å². The van der Waals surface area contributed by atoms with Gasteiger partial charge in [-0.15, -0.1) is 0 Å². The summed E-state index contributed by atoms with van der Waals surface area (Å²) in [6.45, 7) is 4.73. The first-order valence-electron chi connectivity index (χ1n) is 6.65. The van der Waals surface area contributed by atoms with Gasteiger partial charge in [-0.3, -0.25) is 0 Å². The molecule has 1 aromatic carbocycles. The highest BCUT2D eigenvalue weighted by Gasteiger charge is 2.35. The summed E-state index contributed by atoms with van der Waals surface area (Å²) in [5, 5.41) is 3.33. The molecule has 100 valence electrons. The van der Waals surface area contributed by atoms with Gasteiger partial charge in [0.15, 0.2) is 0 Å². The lowest BCUT2D eigenvalue weighted by molar-refractivity contribution is -0.0502. The fraction of sp³-hybridized carbons (Fsp3) is 0.600. The van der Waals surface area contributed by atoms with Crippen molar-refractivity contribution < 1.29 is 8.78 Å². The Morgan fingerprint density at radius 3 is 2.83 bits per heavy atom. The van der Waals surface area contributed by atoms with Crippen LogP contribution in [0.1, 0.15) is 36.8 Å². The Morgan fingerprint density at radius 2 is 2.11 bits per heavy atom. The molecule has 0 aliphatic heterocycles. The lowest BCUT2D eigenvalue weighted by Crippen LogP contribution is -2.29. The fourth-order valence-electron chi connectivity index (χ4n) is 2.63. The van der Waals surface area contributed by atoms with Crippen molar-refractivity contribution in [2.75, 3.05) is 11.9 Å². The minimum atomic E-state index is -2.45. The summed E-state index contributed by atoms with van der Waals surface area (Å²) in [6.07, 6.45) is 1.65. The third-order valence-corrected chi connectivity index (χ3v) is 3.72. The number of halogens is 2. The number of alkyl halides is 2. The fourth-order valence-corrected chi connectivity index (χ4v) is 2.63. The van der Waals surface area contributed by atoms with Gasteiger partial charge in [-0.2, -0.15) is 0 Å². The van der Waals surface area contributed by atoms with Crippen LogP contribution in [0.15, 0.2) is 18.2 Å². The zero-order chi connectivity index (χ0) is 13.2. The second-order valence-corrected chi connectivity index (χ2v) is 5.52. The summed E-state index contributed by atoms with van der Waals surface area (Å²) in [4.78, 5) is 0. The highest BCUT2D eigenvalue weighted by Crippen LogP contribution is 2.36. The normalized spacial score (nSPS) is 22.8. The Bertz CT molecular complexity index is 415. The van der Waals surface area contributed by atoms with Crippen LogP contribution < -0.4 is 5.32 Å². The molecule has 0 amide bonds. The van der Waals surface area contributed by atoms with Gasteiger partial charge in [0.05, 0.1) is 0 Å². The van der Waals surface area contributed by atoms with E-state index in [-0.39, 0.29) is 18.8 Å². The second-order valence-electron chi connectivity index (χ2n) is 5.52. The third-order valence-electron chi connectivity index (χ3n) is 3.72. The quantitative estimate of drug-likeness (QED) is 0.833. The zero-order valence-corrected chi connectivity index (χ0v) is 11.1. The molecule has 0 aromatic heterocycles. The lowest BCUT2D eigenvalue weighted by atomic mass is 9.86. The summed E-state index contributed by atoms with van der Waals surface area (Å²) in [6, 6.07) is 6.21. The van der Waals surface area contributed by atoms with Crippen molar-refractivity contribution in [2.45, 2.75) is 45.5 Å². The van der Waals surface area contributed by atoms with E-state index in [1.54, 1.807) is 0 Å². The van der Waals surface area contributed by atoms with Crippen LogP contribution in [0.5, 0.6) is 0 Å². The van der Waals surface area contributed by atoms with Gasteiger partial charge in [-0.05, 0) is 49.8 Å². The molecule has 1 fully saturated rings. The molecule has 0 radical (unpaired) electrons. The maximum Gasteiger partial charge on any atom is 0.248 e. The molecular formula is C15H21F2N. The van der Waals surface area contributed by atoms with Crippen LogP contribution in [-0.4, -0.2) is 12.5 Å². The van der Waals surface area contributed by atoms with Gasteiger partial charge in [0.2, 0.25) is 5.92 Å². The SMILES string of the molecule is Cc1ccc(C)c(NCC2CCCC(F)(F)C2)c1. The summed E-state index contributed by atoms with van der Waals surface area (Å²) in [5.41, 5.74) is 3.43. The molecular weight excluding hydrogens is 232 g/mol. The molecule has 2 rings (SSSR count). The monoisotopic (exact) mass is 253 g/mol. The van der Waals surface area contributed by atoms with E-state index in [1.165, 1.54) is 11.1 Å². The van der Waals surface area contributed by atoms with Gasteiger partial charge in [-0.25, -0.2) is 8.78 Å². The number of hydrogen-bond donors (Lipinski definition) is 1. The molecule has 3 heteroatoms. The summed E-state index contributed by atoms with van der Waals surface area (Å²) in [7, 11) is 0. The van der Waals surface area contributed by atoms with Crippen molar-refractivity contribution in [1.29, 1.82) is 0 Å². The number of hydrogen-bond acceptors (Lipinski definition) is 1. The van der Waals surface area contributed by atoms with Crippen molar-refractivity contribution >= 4 is 5.69 Å². The van der Waals surface area contributed by atoms with E-state index in [1.807, 2.05) is 13.8 Å². The smallest absolute Gasteiger partial charge is 0.248 e. The average molecular weight is 253 g/mol. The second kappa shape index (κ2) is 5.25. The van der Waals surface area contributed by atoms with Crippen LogP contribution in [-0.2, 0) is 0 Å². The number of anilines is 1. The van der Waals surface area contributed by atoms with E-state index >= 15 is 0 Å². The van der Waals surface area contributed by atoms with E-state index in [2.05, 4.69) is 23.5 Å². The Balaban J connectivity index is 1.93. The van der Waals surface area contributed by atoms with Gasteiger partial charge in [0.1, 0.15) is 0 Å². The van der Waals surface area contributed by atoms with Gasteiger partial charge in [-0.1, -0.05) is 12.1 Å². The molecule has 1 aliphatic rings. The first-order chi connectivity index (χ1) is 8.46. The molecule has 1 saturated carbocycles. The Labute approximate surface area is 108 Å². The van der Waals surface area contributed by atoms with Crippen LogP contribution >= 0.6 is 0 Å². The van der Waals surface area contributed by atoms with Gasteiger partial charge < -0.3 is 5.32 Å². The third kappa shape index (κ3) is 3.44. The Hall–Kier alpha value is -1.12. The number of benzene rings is 1. The molecule has 0 spiro atoms. The van der Waals surface area contributed by atoms with Gasteiger partial charge in [0.25, 0.3) is 0 Å². The van der Waals surface area contributed by atoms with E-state index < -0.39 is 5.92 Å². The van der Waals surface area contributed by atoms with Crippen LogP contribution in [0.2, 0.25) is 0 Å². The molecule has 1 atom stereocenters. The van der Waals surface area contributed by atoms with Gasteiger partial charge in [0, 0.05) is 25.1 Å². The van der Waals surface area contributed by atoms with Crippen LogP contribution in [0.4, 0.5) is 14.5 Å². The predicted molar refractivity (Wildman–Crippen MR) is 71.3 cm³/mol. The highest BCUT2D eigenvalue weighted by atomic mass is 19.3. The van der Waals surface area contributed by atoms with Gasteiger partial charge >= 0.3 is 0 Å². The lowest BCUT2D eigenvalue weighted by Gasteiger charge is -2.29. The molecule has 1 aromatic rings. The topological polar surface area (TPSA) is 12.0 Å². The van der Waals surface area contributed by atoms with Crippen LogP contribution in [0.3, 0.4) is 0 Å². The maximum atomic E-state index is 13.3. The molecule has 1 unspecified atom stereocenters. The largest absolute Gasteiger partial charge is 0.385 e. The zero-order valence-electron chi connectivity index (χ0n) is 11.1. The predicted octanol–water partition coefficient (Wildman–Crippen LogP) is 4.54. The van der Waals surface area contributed by atoms with E-state index in [0.717, 1.165) is 12.1 Å². The summed E-state index contributed by atoms with van der Waals surface area (Å²) < 4.78 is 26.6. The Morgan fingerprint density at radius 1 is 1.33 bits per heavy atom. The minimum Gasteiger partial charge on any atom is -0.385 e. The van der Waals surface area contributed by atoms with Crippen LogP contribution in [0.25, 0.3) is 0 Å². The first-order valence-corrected chi connectivity index (χ1v) is 6.65. The van der Waals surface area contributed by atoms with Crippen LogP contribution in [0, 0.1) is 19.8 Å². The van der Waals surface area contributed by atoms with Crippen molar-refractivity contribution in [3.8, 4) is 0 Å². The van der Waals surface area contributed by atoms with Crippen molar-refractivity contribution in [2.24, 2.45) is 5.92 Å². The molecule has 18 heavy (non-hydrogen) atoms. The maximum absolute atomic E-state index is 13.3. The molecule has 1 aliphatic carbocycles. The standard InChI is InChI=1S/C15H21F2N/c1-11-5-6-12(2)14(8-11)18-10-13-4-3-7-15(16,17)9-13/h5-6,8,13,18H,3-4,7,9-10H2,1-2H3. The van der Waals surface area contributed by atoms with E-state index in [0.29, 0.717) is 13.0 Å². The van der Waals surface area contributed by atoms with Crippen molar-refractivity contribution in [3.63, 3.8) is 0 Å².